The Bertz CT molecular complexity index is 3090. The lowest BCUT2D eigenvalue weighted by molar-refractivity contribution is 0.664. The van der Waals surface area contributed by atoms with Gasteiger partial charge in [0.15, 0.2) is 0 Å². The van der Waals surface area contributed by atoms with Crippen molar-refractivity contribution in [1.29, 1.82) is 5.26 Å². The lowest BCUT2D eigenvalue weighted by Gasteiger charge is -2.25. The molecule has 0 amide bonds. The van der Waals surface area contributed by atoms with Crippen LogP contribution in [0.2, 0.25) is 0 Å². The van der Waals surface area contributed by atoms with Crippen molar-refractivity contribution in [3.8, 4) is 34.3 Å². The molecule has 0 spiro atoms. The summed E-state index contributed by atoms with van der Waals surface area (Å²) in [7, 11) is 0. The van der Waals surface area contributed by atoms with Crippen LogP contribution in [-0.4, -0.2) is 9.55 Å². The van der Waals surface area contributed by atoms with Crippen molar-refractivity contribution >= 4 is 54.9 Å². The summed E-state index contributed by atoms with van der Waals surface area (Å²) in [5.41, 5.74) is 8.96. The number of nitrogens with zero attached hydrogens (tertiary/aromatic N) is 3. The summed E-state index contributed by atoms with van der Waals surface area (Å²) in [6, 6.07) is 34.1. The van der Waals surface area contributed by atoms with Crippen molar-refractivity contribution in [1.82, 2.24) is 9.55 Å². The summed E-state index contributed by atoms with van der Waals surface area (Å²) in [6.07, 6.45) is 0. The first kappa shape index (κ1) is 24.9. The zero-order valence-corrected chi connectivity index (χ0v) is 28.6. The molecule has 0 N–H and O–H groups in total. The molecule has 0 saturated heterocycles. The van der Waals surface area contributed by atoms with E-state index in [4.69, 9.17) is 22.0 Å². The topological polar surface area (TPSA) is 67.9 Å². The number of benzene rings is 6. The summed E-state index contributed by atoms with van der Waals surface area (Å²) < 4.78 is 66.8. The zero-order valence-electron chi connectivity index (χ0n) is 34.6. The van der Waals surface area contributed by atoms with E-state index in [2.05, 4.69) is 58.0 Å². The van der Waals surface area contributed by atoms with Crippen LogP contribution in [0.4, 0.5) is 0 Å². The largest absolute Gasteiger partial charge is 0.456 e. The molecule has 0 aliphatic rings. The average molecular weight is 670 g/mol. The molecule has 0 aliphatic carbocycles. The summed E-state index contributed by atoms with van der Waals surface area (Å²) in [4.78, 5) is 5.20. The van der Waals surface area contributed by atoms with Crippen LogP contribution in [0.3, 0.4) is 0 Å². The predicted octanol–water partition coefficient (Wildman–Crippen LogP) is 12.9. The first-order valence-corrected chi connectivity index (χ1v) is 17.2. The maximum absolute atomic E-state index is 9.48. The van der Waals surface area contributed by atoms with Gasteiger partial charge >= 0.3 is 0 Å². The smallest absolute Gasteiger partial charge is 0.149 e. The number of nitriles is 1. The number of aromatic nitrogens is 2. The van der Waals surface area contributed by atoms with E-state index in [1.807, 2.05) is 41.0 Å². The van der Waals surface area contributed by atoms with Crippen LogP contribution >= 0.6 is 0 Å². The first-order chi connectivity index (χ1) is 27.1. The molecule has 0 atom stereocenters. The highest BCUT2D eigenvalue weighted by Gasteiger charge is 2.27. The maximum Gasteiger partial charge on any atom is 0.149 e. The standard InChI is InChI=1S/C46H37N3O2/c1-25(2)34-20-31(30-12-8-7-9-13-30)21-35(26(3)4)44(34)49-43-28(6)11-10-14-38(43)48-46(49)33-17-15-27(5)42-37-23-40-36(22-41(37)51-45(33)42)32-18-16-29(24-47)19-39(32)50-40/h7-23,25-26H,1-6H3/i5D3,6D3. The third-order valence-corrected chi connectivity index (χ3v) is 10.0. The number of fused-ring (bicyclic) bond motifs is 7. The van der Waals surface area contributed by atoms with Gasteiger partial charge < -0.3 is 8.83 Å². The minimum atomic E-state index is -2.50. The van der Waals surface area contributed by atoms with Crippen LogP contribution in [0, 0.1) is 25.0 Å². The molecule has 248 valence electrons. The molecular weight excluding hydrogens is 627 g/mol. The number of hydrogen-bond acceptors (Lipinski definition) is 4. The van der Waals surface area contributed by atoms with E-state index in [1.54, 1.807) is 42.5 Å². The van der Waals surface area contributed by atoms with Crippen LogP contribution in [0.1, 0.15) is 75.6 Å². The normalized spacial score (nSPS) is 14.3. The van der Waals surface area contributed by atoms with Crippen molar-refractivity contribution in [3.63, 3.8) is 0 Å². The molecule has 9 aromatic rings. The van der Waals surface area contributed by atoms with E-state index in [0.29, 0.717) is 61.1 Å². The van der Waals surface area contributed by atoms with Crippen LogP contribution in [0.15, 0.2) is 112 Å². The van der Waals surface area contributed by atoms with E-state index in [1.165, 1.54) is 0 Å². The van der Waals surface area contributed by atoms with Crippen molar-refractivity contribution in [3.05, 3.63) is 131 Å². The van der Waals surface area contributed by atoms with Gasteiger partial charge in [-0.15, -0.1) is 0 Å². The second-order valence-corrected chi connectivity index (χ2v) is 13.9. The van der Waals surface area contributed by atoms with Crippen molar-refractivity contribution in [2.45, 2.75) is 53.2 Å². The SMILES string of the molecule is [2H]C([2H])([2H])c1ccc(-c2nc3cccc(C([2H])([2H])[2H])c3n2-c2c(C(C)C)cc(-c3ccccc3)cc2C(C)C)c2oc3cc4c(cc3c12)oc1cc(C#N)ccc14. The molecule has 9 rings (SSSR count). The second kappa shape index (κ2) is 11.5. The van der Waals surface area contributed by atoms with E-state index in [9.17, 15) is 5.26 Å². The fourth-order valence-corrected chi connectivity index (χ4v) is 7.53. The number of aryl methyl sites for hydroxylation is 2. The molecule has 3 aromatic heterocycles. The monoisotopic (exact) mass is 669 g/mol. The molecule has 51 heavy (non-hydrogen) atoms. The van der Waals surface area contributed by atoms with Crippen molar-refractivity contribution in [2.24, 2.45) is 0 Å². The zero-order chi connectivity index (χ0) is 40.1. The fraction of sp³-hybridized carbons (Fsp3) is 0.174. The predicted molar refractivity (Wildman–Crippen MR) is 209 cm³/mol. The molecule has 3 heterocycles. The Morgan fingerprint density at radius 3 is 2.14 bits per heavy atom. The van der Waals surface area contributed by atoms with Gasteiger partial charge in [-0.3, -0.25) is 4.57 Å². The number of furan rings is 2. The molecule has 0 radical (unpaired) electrons. The van der Waals surface area contributed by atoms with Crippen molar-refractivity contribution < 1.29 is 17.1 Å². The first-order valence-electron chi connectivity index (χ1n) is 20.2. The van der Waals surface area contributed by atoms with Crippen molar-refractivity contribution in [2.75, 3.05) is 0 Å². The molecule has 0 aliphatic heterocycles. The number of rotatable bonds is 5. The van der Waals surface area contributed by atoms with Gasteiger partial charge in [0, 0.05) is 29.8 Å². The molecule has 0 unspecified atom stereocenters. The number of imidazole rings is 1. The molecule has 0 bridgehead atoms. The molecule has 0 saturated carbocycles. The van der Waals surface area contributed by atoms with E-state index in [-0.39, 0.29) is 23.0 Å². The minimum Gasteiger partial charge on any atom is -0.456 e. The minimum absolute atomic E-state index is 0.0186. The Labute approximate surface area is 304 Å². The molecule has 5 heteroatoms. The van der Waals surface area contributed by atoms with Gasteiger partial charge in [0.05, 0.1) is 33.9 Å². The van der Waals surface area contributed by atoms with E-state index < -0.39 is 13.7 Å². The van der Waals surface area contributed by atoms with Gasteiger partial charge in [0.25, 0.3) is 0 Å². The van der Waals surface area contributed by atoms with Crippen LogP contribution in [0.5, 0.6) is 0 Å². The molecule has 0 fully saturated rings. The molecule has 5 nitrogen and oxygen atoms in total. The van der Waals surface area contributed by atoms with Crippen LogP contribution in [0.25, 0.3) is 83.1 Å². The van der Waals surface area contributed by atoms with Gasteiger partial charge in [-0.05, 0) is 114 Å². The Kier molecular flexibility index (Phi) is 5.60. The van der Waals surface area contributed by atoms with Gasteiger partial charge in [0.1, 0.15) is 28.2 Å². The number of hydrogen-bond donors (Lipinski definition) is 0. The fourth-order valence-electron chi connectivity index (χ4n) is 7.53. The van der Waals surface area contributed by atoms with Gasteiger partial charge in [-0.25, -0.2) is 4.98 Å². The van der Waals surface area contributed by atoms with Gasteiger partial charge in [-0.2, -0.15) is 5.26 Å². The lowest BCUT2D eigenvalue weighted by atomic mass is 9.88. The highest BCUT2D eigenvalue weighted by Crippen LogP contribution is 2.45. The third kappa shape index (κ3) is 4.71. The lowest BCUT2D eigenvalue weighted by Crippen LogP contribution is -2.10. The molecule has 6 aromatic carbocycles. The average Bonchev–Trinajstić information content (AvgIpc) is 3.86. The highest BCUT2D eigenvalue weighted by atomic mass is 16.3. The van der Waals surface area contributed by atoms with E-state index in [0.717, 1.165) is 38.7 Å². The Morgan fingerprint density at radius 1 is 0.686 bits per heavy atom. The Morgan fingerprint density at radius 2 is 1.41 bits per heavy atom. The van der Waals surface area contributed by atoms with Gasteiger partial charge in [-0.1, -0.05) is 76.2 Å². The van der Waals surface area contributed by atoms with Crippen LogP contribution in [-0.2, 0) is 0 Å². The summed E-state index contributed by atoms with van der Waals surface area (Å²) >= 11 is 0. The van der Waals surface area contributed by atoms with E-state index >= 15 is 0 Å². The van der Waals surface area contributed by atoms with Gasteiger partial charge in [0.2, 0.25) is 0 Å². The molecular formula is C46H37N3O2. The highest BCUT2D eigenvalue weighted by molar-refractivity contribution is 6.17. The third-order valence-electron chi connectivity index (χ3n) is 10.0. The van der Waals surface area contributed by atoms with Crippen LogP contribution < -0.4 is 0 Å². The quantitative estimate of drug-likeness (QED) is 0.183. The summed E-state index contributed by atoms with van der Waals surface area (Å²) in [5.74, 6) is 0.465. The Balaban J connectivity index is 1.43. The second-order valence-electron chi connectivity index (χ2n) is 13.9. The Hall–Kier alpha value is -6.12. The summed E-state index contributed by atoms with van der Waals surface area (Å²) in [6.45, 7) is 3.54. The maximum atomic E-state index is 9.48. The number of para-hydroxylation sites is 1. The summed E-state index contributed by atoms with van der Waals surface area (Å²) in [5, 5.41) is 12.0.